The van der Waals surface area contributed by atoms with Gasteiger partial charge < -0.3 is 10.0 Å². The number of aliphatic hydroxyl groups is 1. The molecular formula is C12H23NOS. The van der Waals surface area contributed by atoms with Gasteiger partial charge in [0.2, 0.25) is 0 Å². The molecule has 15 heavy (non-hydrogen) atoms. The zero-order valence-corrected chi connectivity index (χ0v) is 10.4. The van der Waals surface area contributed by atoms with Crippen molar-refractivity contribution in [1.29, 1.82) is 0 Å². The number of aliphatic hydroxyl groups excluding tert-OH is 1. The number of likely N-dealkylation sites (tertiary alicyclic amines) is 1. The Labute approximate surface area is 98.5 Å². The van der Waals surface area contributed by atoms with Gasteiger partial charge in [0.15, 0.2) is 0 Å². The summed E-state index contributed by atoms with van der Waals surface area (Å²) in [6.07, 6.45) is 7.70. The normalized spacial score (nSPS) is 32.0. The second kappa shape index (κ2) is 5.07. The van der Waals surface area contributed by atoms with E-state index in [-0.39, 0.29) is 6.10 Å². The molecule has 1 saturated heterocycles. The van der Waals surface area contributed by atoms with Crippen LogP contribution in [0.3, 0.4) is 0 Å². The molecule has 0 spiro atoms. The van der Waals surface area contributed by atoms with E-state index in [0.717, 1.165) is 31.8 Å². The molecule has 2 nitrogen and oxygen atoms in total. The van der Waals surface area contributed by atoms with Crippen molar-refractivity contribution < 1.29 is 5.11 Å². The molecule has 88 valence electrons. The first kappa shape index (κ1) is 11.7. The number of β-amino-alcohol motifs (C(OH)–C–C–N with tert-alkyl or cyclic N) is 1. The smallest absolute Gasteiger partial charge is 0.0679 e. The summed E-state index contributed by atoms with van der Waals surface area (Å²) in [4.78, 5) is 2.44. The van der Waals surface area contributed by atoms with E-state index in [0.29, 0.717) is 5.41 Å². The highest BCUT2D eigenvalue weighted by Gasteiger charge is 2.34. The van der Waals surface area contributed by atoms with Crippen molar-refractivity contribution in [1.82, 2.24) is 4.90 Å². The molecule has 1 atom stereocenters. The van der Waals surface area contributed by atoms with Gasteiger partial charge in [-0.05, 0) is 30.4 Å². The topological polar surface area (TPSA) is 23.5 Å². The van der Waals surface area contributed by atoms with Gasteiger partial charge in [-0.3, -0.25) is 0 Å². The summed E-state index contributed by atoms with van der Waals surface area (Å²) in [5.41, 5.74) is 0.450. The van der Waals surface area contributed by atoms with Crippen LogP contribution < -0.4 is 0 Å². The van der Waals surface area contributed by atoms with Crippen molar-refractivity contribution in [3.63, 3.8) is 0 Å². The third-order valence-electron chi connectivity index (χ3n) is 4.06. The highest BCUT2D eigenvalue weighted by molar-refractivity contribution is 7.80. The molecule has 1 aliphatic heterocycles. The van der Waals surface area contributed by atoms with E-state index in [9.17, 15) is 5.11 Å². The fourth-order valence-corrected chi connectivity index (χ4v) is 3.51. The lowest BCUT2D eigenvalue weighted by molar-refractivity contribution is 0.124. The van der Waals surface area contributed by atoms with Crippen molar-refractivity contribution in [3.05, 3.63) is 0 Å². The molecule has 2 rings (SSSR count). The highest BCUT2D eigenvalue weighted by Crippen LogP contribution is 2.38. The van der Waals surface area contributed by atoms with E-state index in [1.807, 2.05) is 0 Å². The fraction of sp³-hybridized carbons (Fsp3) is 1.00. The summed E-state index contributed by atoms with van der Waals surface area (Å²) in [7, 11) is 0. The minimum Gasteiger partial charge on any atom is -0.392 e. The lowest BCUT2D eigenvalue weighted by atomic mass is 9.75. The first-order valence-corrected chi connectivity index (χ1v) is 6.89. The predicted octanol–water partition coefficient (Wildman–Crippen LogP) is 1.93. The largest absolute Gasteiger partial charge is 0.392 e. The van der Waals surface area contributed by atoms with Crippen molar-refractivity contribution in [2.24, 2.45) is 5.41 Å². The van der Waals surface area contributed by atoms with Crippen LogP contribution in [-0.4, -0.2) is 41.5 Å². The quantitative estimate of drug-likeness (QED) is 0.723. The van der Waals surface area contributed by atoms with Gasteiger partial charge in [0.05, 0.1) is 6.10 Å². The average Bonchev–Trinajstić information content (AvgIpc) is 2.65. The SMILES string of the molecule is OC1CCN(CC2(CS)CCCCC2)C1. The molecule has 0 aromatic rings. The number of nitrogens with zero attached hydrogens (tertiary/aromatic N) is 1. The Kier molecular flexibility index (Phi) is 3.97. The molecule has 2 aliphatic rings. The Bertz CT molecular complexity index is 204. The number of hydrogen-bond acceptors (Lipinski definition) is 3. The van der Waals surface area contributed by atoms with Crippen LogP contribution in [0.25, 0.3) is 0 Å². The maximum Gasteiger partial charge on any atom is 0.0679 e. The van der Waals surface area contributed by atoms with Crippen LogP contribution in [-0.2, 0) is 0 Å². The van der Waals surface area contributed by atoms with Gasteiger partial charge in [-0.25, -0.2) is 0 Å². The fourth-order valence-electron chi connectivity index (χ4n) is 3.10. The molecule has 1 heterocycles. The molecular weight excluding hydrogens is 206 g/mol. The lowest BCUT2D eigenvalue weighted by Crippen LogP contribution is -2.39. The summed E-state index contributed by atoms with van der Waals surface area (Å²) < 4.78 is 0. The van der Waals surface area contributed by atoms with E-state index in [2.05, 4.69) is 17.5 Å². The van der Waals surface area contributed by atoms with Crippen molar-refractivity contribution in [2.45, 2.75) is 44.6 Å². The van der Waals surface area contributed by atoms with Crippen molar-refractivity contribution >= 4 is 12.6 Å². The Hall–Kier alpha value is 0.270. The molecule has 1 aliphatic carbocycles. The average molecular weight is 229 g/mol. The van der Waals surface area contributed by atoms with Crippen molar-refractivity contribution in [2.75, 3.05) is 25.4 Å². The monoisotopic (exact) mass is 229 g/mol. The molecule has 0 bridgehead atoms. The molecule has 1 N–H and O–H groups in total. The van der Waals surface area contributed by atoms with Crippen LogP contribution in [0.1, 0.15) is 38.5 Å². The van der Waals surface area contributed by atoms with Crippen LogP contribution in [0.15, 0.2) is 0 Å². The summed E-state index contributed by atoms with van der Waals surface area (Å²) in [5, 5.41) is 9.52. The van der Waals surface area contributed by atoms with Crippen LogP contribution >= 0.6 is 12.6 Å². The van der Waals surface area contributed by atoms with E-state index in [4.69, 9.17) is 0 Å². The van der Waals surface area contributed by atoms with E-state index >= 15 is 0 Å². The molecule has 0 aromatic heterocycles. The van der Waals surface area contributed by atoms with E-state index in [1.165, 1.54) is 32.1 Å². The minimum atomic E-state index is -0.0782. The van der Waals surface area contributed by atoms with Gasteiger partial charge in [0.1, 0.15) is 0 Å². The molecule has 0 aromatic carbocycles. The molecule has 2 fully saturated rings. The third-order valence-corrected chi connectivity index (χ3v) is 4.73. The Morgan fingerprint density at radius 2 is 2.00 bits per heavy atom. The second-order valence-corrected chi connectivity index (χ2v) is 5.71. The Morgan fingerprint density at radius 1 is 1.27 bits per heavy atom. The second-order valence-electron chi connectivity index (χ2n) is 5.40. The zero-order chi connectivity index (χ0) is 10.7. The lowest BCUT2D eigenvalue weighted by Gasteiger charge is -2.39. The first-order valence-electron chi connectivity index (χ1n) is 6.25. The van der Waals surface area contributed by atoms with Crippen molar-refractivity contribution in [3.8, 4) is 0 Å². The van der Waals surface area contributed by atoms with Crippen LogP contribution in [0.2, 0.25) is 0 Å². The highest BCUT2D eigenvalue weighted by atomic mass is 32.1. The summed E-state index contributed by atoms with van der Waals surface area (Å²) in [5.74, 6) is 1.01. The first-order chi connectivity index (χ1) is 7.24. The molecule has 1 unspecified atom stereocenters. The summed E-state index contributed by atoms with van der Waals surface area (Å²) >= 11 is 4.56. The zero-order valence-electron chi connectivity index (χ0n) is 9.49. The number of rotatable bonds is 3. The number of thiol groups is 1. The van der Waals surface area contributed by atoms with Gasteiger partial charge in [0.25, 0.3) is 0 Å². The number of hydrogen-bond donors (Lipinski definition) is 2. The molecule has 0 radical (unpaired) electrons. The van der Waals surface area contributed by atoms with E-state index in [1.54, 1.807) is 0 Å². The van der Waals surface area contributed by atoms with E-state index < -0.39 is 0 Å². The van der Waals surface area contributed by atoms with Gasteiger partial charge >= 0.3 is 0 Å². The maximum absolute atomic E-state index is 9.52. The standard InChI is InChI=1S/C12H23NOS/c14-11-4-7-13(8-11)9-12(10-15)5-2-1-3-6-12/h11,14-15H,1-10H2. The van der Waals surface area contributed by atoms with Gasteiger partial charge in [-0.1, -0.05) is 19.3 Å². The summed E-state index contributed by atoms with van der Waals surface area (Å²) in [6, 6.07) is 0. The van der Waals surface area contributed by atoms with Gasteiger partial charge in [-0.15, -0.1) is 0 Å². The third kappa shape index (κ3) is 2.89. The minimum absolute atomic E-state index is 0.0782. The van der Waals surface area contributed by atoms with Gasteiger partial charge in [0, 0.05) is 19.6 Å². The Morgan fingerprint density at radius 3 is 2.53 bits per heavy atom. The van der Waals surface area contributed by atoms with Crippen LogP contribution in [0.4, 0.5) is 0 Å². The molecule has 3 heteroatoms. The van der Waals surface area contributed by atoms with Crippen LogP contribution in [0.5, 0.6) is 0 Å². The molecule has 1 saturated carbocycles. The maximum atomic E-state index is 9.52. The van der Waals surface area contributed by atoms with Crippen LogP contribution in [0, 0.1) is 5.41 Å². The Balaban J connectivity index is 1.89. The predicted molar refractivity (Wildman–Crippen MR) is 66.4 cm³/mol. The van der Waals surface area contributed by atoms with Gasteiger partial charge in [-0.2, -0.15) is 12.6 Å². The summed E-state index contributed by atoms with van der Waals surface area (Å²) in [6.45, 7) is 3.12. The molecule has 0 amide bonds.